The van der Waals surface area contributed by atoms with E-state index < -0.39 is 6.04 Å². The predicted octanol–water partition coefficient (Wildman–Crippen LogP) is 4.37. The third-order valence-electron chi connectivity index (χ3n) is 5.63. The van der Waals surface area contributed by atoms with Crippen molar-refractivity contribution in [3.8, 4) is 22.9 Å². The van der Waals surface area contributed by atoms with Crippen LogP contribution >= 0.6 is 0 Å². The van der Waals surface area contributed by atoms with Crippen LogP contribution in [0.4, 0.5) is 11.6 Å². The number of hydrogen-bond acceptors (Lipinski definition) is 7. The number of carbonyl (C=O) groups is 1. The van der Waals surface area contributed by atoms with Gasteiger partial charge in [-0.25, -0.2) is 4.68 Å². The Bertz CT molecular complexity index is 1400. The number of benzene rings is 2. The van der Waals surface area contributed by atoms with E-state index in [2.05, 4.69) is 20.6 Å². The molecule has 0 saturated carbocycles. The van der Waals surface area contributed by atoms with Crippen LogP contribution in [0.15, 0.2) is 84.3 Å². The summed E-state index contributed by atoms with van der Waals surface area (Å²) in [4.78, 5) is 22.2. The highest BCUT2D eigenvalue weighted by Gasteiger charge is 2.34. The lowest BCUT2D eigenvalue weighted by Crippen LogP contribution is -2.31. The van der Waals surface area contributed by atoms with E-state index >= 15 is 0 Å². The van der Waals surface area contributed by atoms with E-state index in [1.165, 1.54) is 0 Å². The van der Waals surface area contributed by atoms with Crippen LogP contribution in [0.25, 0.3) is 11.4 Å². The number of aromatic nitrogens is 4. The molecule has 3 N–H and O–H groups in total. The zero-order valence-electron chi connectivity index (χ0n) is 19.3. The van der Waals surface area contributed by atoms with E-state index in [0.29, 0.717) is 40.9 Å². The highest BCUT2D eigenvalue weighted by Crippen LogP contribution is 2.37. The van der Waals surface area contributed by atoms with E-state index in [9.17, 15) is 9.90 Å². The Labute approximate surface area is 202 Å². The fourth-order valence-electron chi connectivity index (χ4n) is 4.07. The fourth-order valence-corrected chi connectivity index (χ4v) is 4.07. The molecule has 1 aliphatic heterocycles. The van der Waals surface area contributed by atoms with Gasteiger partial charge in [0.05, 0.1) is 24.1 Å². The number of nitrogens with one attached hydrogen (secondary N) is 2. The molecular weight excluding hydrogens is 444 g/mol. The van der Waals surface area contributed by atoms with Crippen molar-refractivity contribution < 1.29 is 14.6 Å². The summed E-state index contributed by atoms with van der Waals surface area (Å²) in [7, 11) is 0. The Balaban J connectivity index is 1.57. The lowest BCUT2D eigenvalue weighted by atomic mass is 9.95. The van der Waals surface area contributed by atoms with Gasteiger partial charge in [0.25, 0.3) is 5.91 Å². The molecule has 0 aliphatic carbocycles. The molecular formula is C26H24N6O3. The second-order valence-corrected chi connectivity index (χ2v) is 8.02. The van der Waals surface area contributed by atoms with Gasteiger partial charge >= 0.3 is 0 Å². The Morgan fingerprint density at radius 3 is 2.71 bits per heavy atom. The molecule has 1 aliphatic rings. The molecule has 35 heavy (non-hydrogen) atoms. The van der Waals surface area contributed by atoms with Crippen molar-refractivity contribution >= 4 is 17.5 Å². The largest absolute Gasteiger partial charge is 0.508 e. The Hall–Kier alpha value is -4.66. The first-order valence-corrected chi connectivity index (χ1v) is 11.2. The predicted molar refractivity (Wildman–Crippen MR) is 132 cm³/mol. The molecule has 0 fully saturated rings. The summed E-state index contributed by atoms with van der Waals surface area (Å²) in [5, 5.41) is 21.1. The molecule has 1 amide bonds. The molecule has 0 radical (unpaired) electrons. The molecule has 9 nitrogen and oxygen atoms in total. The number of ether oxygens (including phenoxy) is 1. The molecule has 9 heteroatoms. The topological polar surface area (TPSA) is 114 Å². The number of carbonyl (C=O) groups excluding carboxylic acids is 1. The van der Waals surface area contributed by atoms with E-state index in [-0.39, 0.29) is 11.7 Å². The molecule has 1 atom stereocenters. The van der Waals surface area contributed by atoms with Crippen LogP contribution in [-0.4, -0.2) is 37.4 Å². The van der Waals surface area contributed by atoms with Crippen molar-refractivity contribution in [1.29, 1.82) is 0 Å². The first kappa shape index (κ1) is 22.1. The highest BCUT2D eigenvalue weighted by atomic mass is 16.5. The average Bonchev–Trinajstić information content (AvgIpc) is 3.28. The molecule has 3 heterocycles. The van der Waals surface area contributed by atoms with Gasteiger partial charge < -0.3 is 20.5 Å². The van der Waals surface area contributed by atoms with Gasteiger partial charge in [-0.15, -0.1) is 5.10 Å². The first-order chi connectivity index (χ1) is 17.0. The minimum Gasteiger partial charge on any atom is -0.508 e. The van der Waals surface area contributed by atoms with Crippen LogP contribution in [0.3, 0.4) is 0 Å². The number of anilines is 2. The summed E-state index contributed by atoms with van der Waals surface area (Å²) in [6, 6.07) is 17.2. The molecule has 0 spiro atoms. The van der Waals surface area contributed by atoms with Crippen LogP contribution in [0.2, 0.25) is 0 Å². The van der Waals surface area contributed by atoms with Gasteiger partial charge in [0.2, 0.25) is 5.95 Å². The van der Waals surface area contributed by atoms with Crippen molar-refractivity contribution in [1.82, 2.24) is 19.7 Å². The van der Waals surface area contributed by atoms with Crippen LogP contribution in [0, 0.1) is 0 Å². The minimum atomic E-state index is -0.612. The molecule has 4 aromatic rings. The lowest BCUT2D eigenvalue weighted by molar-refractivity contribution is -0.113. The molecule has 2 aromatic carbocycles. The van der Waals surface area contributed by atoms with E-state index in [1.807, 2.05) is 44.2 Å². The van der Waals surface area contributed by atoms with Crippen molar-refractivity contribution in [2.75, 3.05) is 17.2 Å². The SMILES string of the molecule is CCOc1ccc(-c2nc3n(n2)C(c2cccc(O)c2)C(C(=O)Nc2cccnc2)=C(C)N3)cc1. The maximum atomic E-state index is 13.5. The van der Waals surface area contributed by atoms with E-state index in [0.717, 1.165) is 11.3 Å². The van der Waals surface area contributed by atoms with Crippen molar-refractivity contribution in [3.63, 3.8) is 0 Å². The molecule has 2 aromatic heterocycles. The zero-order chi connectivity index (χ0) is 24.4. The van der Waals surface area contributed by atoms with Gasteiger partial charge in [-0.05, 0) is 67.9 Å². The standard InChI is InChI=1S/C26H24N6O3/c1-3-35-21-11-9-17(10-12-21)24-30-26-28-16(2)22(25(34)29-19-7-5-13-27-15-19)23(32(26)31-24)18-6-4-8-20(33)14-18/h4-15,23,33H,3H2,1-2H3,(H,29,34)(H,28,30,31). The number of rotatable bonds is 6. The van der Waals surface area contributed by atoms with Crippen molar-refractivity contribution in [3.05, 3.63) is 89.9 Å². The van der Waals surface area contributed by atoms with E-state index in [1.54, 1.807) is 47.4 Å². The van der Waals surface area contributed by atoms with Gasteiger partial charge in [0.1, 0.15) is 17.5 Å². The monoisotopic (exact) mass is 468 g/mol. The Morgan fingerprint density at radius 1 is 1.17 bits per heavy atom. The quantitative estimate of drug-likeness (QED) is 0.385. The maximum Gasteiger partial charge on any atom is 0.255 e. The number of phenolic OH excluding ortho intramolecular Hbond substituents is 1. The molecule has 1 unspecified atom stereocenters. The summed E-state index contributed by atoms with van der Waals surface area (Å²) >= 11 is 0. The zero-order valence-corrected chi connectivity index (χ0v) is 19.3. The summed E-state index contributed by atoms with van der Waals surface area (Å²) < 4.78 is 7.20. The summed E-state index contributed by atoms with van der Waals surface area (Å²) in [5.41, 5.74) is 3.18. The van der Waals surface area contributed by atoms with Gasteiger partial charge in [-0.2, -0.15) is 4.98 Å². The number of allylic oxidation sites excluding steroid dienone is 1. The maximum absolute atomic E-state index is 13.5. The number of aromatic hydroxyl groups is 1. The summed E-state index contributed by atoms with van der Waals surface area (Å²) in [5.74, 6) is 1.56. The summed E-state index contributed by atoms with van der Waals surface area (Å²) in [6.07, 6.45) is 3.22. The first-order valence-electron chi connectivity index (χ1n) is 11.2. The highest BCUT2D eigenvalue weighted by molar-refractivity contribution is 6.06. The van der Waals surface area contributed by atoms with Crippen LogP contribution < -0.4 is 15.4 Å². The van der Waals surface area contributed by atoms with Crippen LogP contribution in [0.1, 0.15) is 25.5 Å². The molecule has 0 bridgehead atoms. The number of phenols is 1. The third-order valence-corrected chi connectivity index (χ3v) is 5.63. The Kier molecular flexibility index (Phi) is 5.88. The normalized spacial score (nSPS) is 14.7. The van der Waals surface area contributed by atoms with Gasteiger partial charge in [-0.3, -0.25) is 9.78 Å². The third kappa shape index (κ3) is 4.43. The number of hydrogen-bond donors (Lipinski definition) is 3. The van der Waals surface area contributed by atoms with Crippen molar-refractivity contribution in [2.45, 2.75) is 19.9 Å². The fraction of sp³-hybridized carbons (Fsp3) is 0.154. The van der Waals surface area contributed by atoms with Gasteiger partial charge in [-0.1, -0.05) is 12.1 Å². The molecule has 0 saturated heterocycles. The average molecular weight is 469 g/mol. The number of pyridine rings is 1. The van der Waals surface area contributed by atoms with Gasteiger partial charge in [0.15, 0.2) is 5.82 Å². The van der Waals surface area contributed by atoms with Gasteiger partial charge in [0, 0.05) is 17.5 Å². The number of amides is 1. The lowest BCUT2D eigenvalue weighted by Gasteiger charge is -2.28. The van der Waals surface area contributed by atoms with Crippen molar-refractivity contribution in [2.24, 2.45) is 0 Å². The number of nitrogens with zero attached hydrogens (tertiary/aromatic N) is 4. The smallest absolute Gasteiger partial charge is 0.255 e. The number of fused-ring (bicyclic) bond motifs is 1. The summed E-state index contributed by atoms with van der Waals surface area (Å²) in [6.45, 7) is 4.34. The van der Waals surface area contributed by atoms with Crippen LogP contribution in [-0.2, 0) is 4.79 Å². The Morgan fingerprint density at radius 2 is 2.00 bits per heavy atom. The molecule has 176 valence electrons. The molecule has 5 rings (SSSR count). The van der Waals surface area contributed by atoms with Crippen LogP contribution in [0.5, 0.6) is 11.5 Å². The second-order valence-electron chi connectivity index (χ2n) is 8.02. The van der Waals surface area contributed by atoms with E-state index in [4.69, 9.17) is 9.84 Å². The minimum absolute atomic E-state index is 0.0964. The second kappa shape index (κ2) is 9.30.